The van der Waals surface area contributed by atoms with Gasteiger partial charge in [-0.05, 0) is 31.9 Å². The molecule has 0 bridgehead atoms. The largest absolute Gasteiger partial charge is 0.313 e. The molecule has 0 radical (unpaired) electrons. The molecule has 3 atom stereocenters. The first-order valence-corrected chi connectivity index (χ1v) is 8.75. The molecule has 106 valence electrons. The molecule has 0 spiro atoms. The molecule has 3 unspecified atom stereocenters. The maximum absolute atomic E-state index is 12.6. The van der Waals surface area contributed by atoms with E-state index in [-0.39, 0.29) is 0 Å². The first kappa shape index (κ1) is 14.7. The fourth-order valence-electron chi connectivity index (χ4n) is 2.98. The van der Waals surface area contributed by atoms with Gasteiger partial charge in [-0.25, -0.2) is 0 Å². The Morgan fingerprint density at radius 2 is 2.11 bits per heavy atom. The molecule has 2 rings (SSSR count). The van der Waals surface area contributed by atoms with E-state index in [0.717, 1.165) is 13.0 Å². The number of aryl methyl sites for hydroxylation is 1. The Hall–Kier alpha value is -0.670. The van der Waals surface area contributed by atoms with Crippen molar-refractivity contribution in [2.75, 3.05) is 6.54 Å². The highest BCUT2D eigenvalue weighted by molar-refractivity contribution is 7.84. The molecule has 0 heterocycles. The van der Waals surface area contributed by atoms with Crippen LogP contribution in [0.5, 0.6) is 0 Å². The van der Waals surface area contributed by atoms with E-state index >= 15 is 0 Å². The van der Waals surface area contributed by atoms with Gasteiger partial charge in [0.1, 0.15) is 0 Å². The van der Waals surface area contributed by atoms with Gasteiger partial charge in [-0.1, -0.05) is 49.6 Å². The zero-order valence-electron chi connectivity index (χ0n) is 12.0. The Morgan fingerprint density at radius 3 is 2.84 bits per heavy atom. The summed E-state index contributed by atoms with van der Waals surface area (Å²) in [6.45, 7) is 5.20. The Morgan fingerprint density at radius 1 is 1.32 bits per heavy atom. The molecule has 1 fully saturated rings. The average Bonchev–Trinajstić information content (AvgIpc) is 2.39. The van der Waals surface area contributed by atoms with Gasteiger partial charge in [-0.3, -0.25) is 4.21 Å². The molecule has 3 heteroatoms. The van der Waals surface area contributed by atoms with Crippen molar-refractivity contribution in [1.82, 2.24) is 5.32 Å². The molecular weight excluding hydrogens is 254 g/mol. The van der Waals surface area contributed by atoms with Crippen molar-refractivity contribution >= 4 is 10.8 Å². The van der Waals surface area contributed by atoms with Crippen molar-refractivity contribution in [3.05, 3.63) is 35.4 Å². The molecule has 1 aromatic rings. The van der Waals surface area contributed by atoms with Crippen molar-refractivity contribution in [3.63, 3.8) is 0 Å². The molecule has 1 N–H and O–H groups in total. The third kappa shape index (κ3) is 4.15. The standard InChI is InChI=1S/C16H25NOS/c1-3-17-15-9-4-5-10-16(15)19(18)12-14-8-6-7-13(2)11-14/h6-8,11,15-17H,3-5,9-10,12H2,1-2H3. The van der Waals surface area contributed by atoms with Crippen LogP contribution < -0.4 is 5.32 Å². The van der Waals surface area contributed by atoms with Crippen LogP contribution in [0.1, 0.15) is 43.7 Å². The van der Waals surface area contributed by atoms with Gasteiger partial charge in [0, 0.05) is 22.6 Å². The van der Waals surface area contributed by atoms with Crippen molar-refractivity contribution < 1.29 is 4.21 Å². The molecule has 0 saturated heterocycles. The van der Waals surface area contributed by atoms with Crippen molar-refractivity contribution in [1.29, 1.82) is 0 Å². The lowest BCUT2D eigenvalue weighted by Gasteiger charge is -2.31. The summed E-state index contributed by atoms with van der Waals surface area (Å²) in [5.74, 6) is 0.703. The van der Waals surface area contributed by atoms with Gasteiger partial charge in [-0.15, -0.1) is 0 Å². The summed E-state index contributed by atoms with van der Waals surface area (Å²) in [7, 11) is -0.760. The fourth-order valence-corrected chi connectivity index (χ4v) is 4.73. The van der Waals surface area contributed by atoms with E-state index in [0.29, 0.717) is 17.0 Å². The molecule has 2 nitrogen and oxygen atoms in total. The van der Waals surface area contributed by atoms with Gasteiger partial charge in [0.15, 0.2) is 0 Å². The van der Waals surface area contributed by atoms with Gasteiger partial charge in [0.2, 0.25) is 0 Å². The zero-order valence-corrected chi connectivity index (χ0v) is 12.8. The minimum Gasteiger partial charge on any atom is -0.313 e. The first-order valence-electron chi connectivity index (χ1n) is 7.37. The fraction of sp³-hybridized carbons (Fsp3) is 0.625. The third-order valence-electron chi connectivity index (χ3n) is 3.90. The van der Waals surface area contributed by atoms with Gasteiger partial charge in [-0.2, -0.15) is 0 Å². The lowest BCUT2D eigenvalue weighted by Crippen LogP contribution is -2.44. The molecule has 1 aliphatic carbocycles. The van der Waals surface area contributed by atoms with Crippen LogP contribution in [0.3, 0.4) is 0 Å². The van der Waals surface area contributed by atoms with Crippen LogP contribution in [0.25, 0.3) is 0 Å². The topological polar surface area (TPSA) is 29.1 Å². The average molecular weight is 279 g/mol. The van der Waals surface area contributed by atoms with Crippen molar-refractivity contribution in [2.24, 2.45) is 0 Å². The molecule has 1 aliphatic rings. The van der Waals surface area contributed by atoms with Crippen LogP contribution in [0.4, 0.5) is 0 Å². The summed E-state index contributed by atoms with van der Waals surface area (Å²) in [6, 6.07) is 8.85. The van der Waals surface area contributed by atoms with E-state index in [1.54, 1.807) is 0 Å². The molecule has 19 heavy (non-hydrogen) atoms. The lowest BCUT2D eigenvalue weighted by molar-refractivity contribution is 0.385. The zero-order chi connectivity index (χ0) is 13.7. The maximum atomic E-state index is 12.6. The smallest absolute Gasteiger partial charge is 0.0504 e. The number of nitrogens with one attached hydrogen (secondary N) is 1. The number of hydrogen-bond donors (Lipinski definition) is 1. The second-order valence-electron chi connectivity index (χ2n) is 5.50. The monoisotopic (exact) mass is 279 g/mol. The molecular formula is C16H25NOS. The summed E-state index contributed by atoms with van der Waals surface area (Å²) in [6.07, 6.45) is 4.79. The van der Waals surface area contributed by atoms with Crippen LogP contribution in [0.2, 0.25) is 0 Å². The van der Waals surface area contributed by atoms with E-state index in [4.69, 9.17) is 0 Å². The molecule has 1 saturated carbocycles. The summed E-state index contributed by atoms with van der Waals surface area (Å²) < 4.78 is 12.6. The summed E-state index contributed by atoms with van der Waals surface area (Å²) in [5, 5.41) is 3.85. The van der Waals surface area contributed by atoms with Crippen LogP contribution in [0, 0.1) is 6.92 Å². The predicted octanol–water partition coefficient (Wildman–Crippen LogP) is 3.16. The number of benzene rings is 1. The quantitative estimate of drug-likeness (QED) is 0.897. The van der Waals surface area contributed by atoms with E-state index in [2.05, 4.69) is 43.4 Å². The van der Waals surface area contributed by atoms with Gasteiger partial charge in [0.25, 0.3) is 0 Å². The van der Waals surface area contributed by atoms with Gasteiger partial charge < -0.3 is 5.32 Å². The van der Waals surface area contributed by atoms with Gasteiger partial charge >= 0.3 is 0 Å². The number of hydrogen-bond acceptors (Lipinski definition) is 2. The highest BCUT2D eigenvalue weighted by atomic mass is 32.2. The third-order valence-corrected chi connectivity index (χ3v) is 5.76. The van der Waals surface area contributed by atoms with E-state index in [9.17, 15) is 4.21 Å². The van der Waals surface area contributed by atoms with E-state index < -0.39 is 10.8 Å². The molecule has 0 amide bonds. The lowest BCUT2D eigenvalue weighted by atomic mass is 9.95. The van der Waals surface area contributed by atoms with Gasteiger partial charge in [0.05, 0.1) is 5.25 Å². The first-order chi connectivity index (χ1) is 9.20. The SMILES string of the molecule is CCNC1CCCCC1S(=O)Cc1cccc(C)c1. The summed E-state index contributed by atoms with van der Waals surface area (Å²) in [4.78, 5) is 0. The van der Waals surface area contributed by atoms with Crippen LogP contribution in [0.15, 0.2) is 24.3 Å². The molecule has 0 aromatic heterocycles. The van der Waals surface area contributed by atoms with Crippen LogP contribution in [-0.4, -0.2) is 22.0 Å². The second-order valence-corrected chi connectivity index (χ2v) is 7.16. The Labute approximate surface area is 119 Å². The predicted molar refractivity (Wildman–Crippen MR) is 82.7 cm³/mol. The normalized spacial score (nSPS) is 25.2. The highest BCUT2D eigenvalue weighted by Crippen LogP contribution is 2.24. The second kappa shape index (κ2) is 7.20. The minimum absolute atomic E-state index is 0.328. The number of rotatable bonds is 5. The molecule has 0 aliphatic heterocycles. The van der Waals surface area contributed by atoms with E-state index in [1.165, 1.54) is 30.4 Å². The van der Waals surface area contributed by atoms with Crippen molar-refractivity contribution in [3.8, 4) is 0 Å². The van der Waals surface area contributed by atoms with Crippen molar-refractivity contribution in [2.45, 2.75) is 56.6 Å². The molecule has 1 aromatic carbocycles. The summed E-state index contributed by atoms with van der Waals surface area (Å²) in [5.41, 5.74) is 2.46. The highest BCUT2D eigenvalue weighted by Gasteiger charge is 2.29. The Bertz CT molecular complexity index is 431. The minimum atomic E-state index is -0.760. The van der Waals surface area contributed by atoms with Crippen LogP contribution in [-0.2, 0) is 16.6 Å². The Balaban J connectivity index is 2.01. The van der Waals surface area contributed by atoms with Crippen LogP contribution >= 0.6 is 0 Å². The Kier molecular flexibility index (Phi) is 5.59. The van der Waals surface area contributed by atoms with E-state index in [1.807, 2.05) is 0 Å². The maximum Gasteiger partial charge on any atom is 0.0504 e. The summed E-state index contributed by atoms with van der Waals surface area (Å²) >= 11 is 0.